The Bertz CT molecular complexity index is 703. The molecule has 0 bridgehead atoms. The predicted molar refractivity (Wildman–Crippen MR) is 86.6 cm³/mol. The smallest absolute Gasteiger partial charge is 0.316 e. The molecule has 8 heteroatoms. The third-order valence-electron chi connectivity index (χ3n) is 3.92. The number of halogens is 1. The number of nitrogens with zero attached hydrogens (tertiary/aromatic N) is 3. The molecular formula is C16H17ClN4O3. The predicted octanol–water partition coefficient (Wildman–Crippen LogP) is 1.88. The first kappa shape index (κ1) is 16.4. The summed E-state index contributed by atoms with van der Waals surface area (Å²) in [4.78, 5) is 20.2. The Morgan fingerprint density at radius 2 is 2.00 bits per heavy atom. The lowest BCUT2D eigenvalue weighted by Gasteiger charge is -2.28. The lowest BCUT2D eigenvalue weighted by molar-refractivity contribution is -0.605. The molecule has 2 aromatic rings. The van der Waals surface area contributed by atoms with Gasteiger partial charge in [0.1, 0.15) is 11.7 Å². The Morgan fingerprint density at radius 3 is 2.67 bits per heavy atom. The molecule has 0 unspecified atom stereocenters. The second-order valence-electron chi connectivity index (χ2n) is 5.70. The third-order valence-corrected chi connectivity index (χ3v) is 4.11. The van der Waals surface area contributed by atoms with Crippen molar-refractivity contribution in [3.63, 3.8) is 0 Å². The summed E-state index contributed by atoms with van der Waals surface area (Å²) in [6.07, 6.45) is 8.83. The molecule has 0 atom stereocenters. The average Bonchev–Trinajstić information content (AvgIpc) is 2.59. The van der Waals surface area contributed by atoms with Gasteiger partial charge in [0, 0.05) is 12.1 Å². The van der Waals surface area contributed by atoms with Gasteiger partial charge in [-0.25, -0.2) is 9.97 Å². The van der Waals surface area contributed by atoms with E-state index >= 15 is 0 Å². The second kappa shape index (κ2) is 7.44. The highest BCUT2D eigenvalue weighted by molar-refractivity contribution is 6.30. The van der Waals surface area contributed by atoms with E-state index in [4.69, 9.17) is 16.3 Å². The molecule has 0 radical (unpaired) electrons. The monoisotopic (exact) mass is 348 g/mol. The number of aromatic nitrogens is 3. The van der Waals surface area contributed by atoms with Crippen LogP contribution < -0.4 is 14.8 Å². The van der Waals surface area contributed by atoms with Crippen LogP contribution in [0.3, 0.4) is 0 Å². The van der Waals surface area contributed by atoms with Crippen molar-refractivity contribution in [2.45, 2.75) is 37.8 Å². The SMILES string of the molecule is O=C(NC1CCC(Oc2ncc(Cl)cn2)CC1)c1ccc[n+]([O-])c1. The van der Waals surface area contributed by atoms with Gasteiger partial charge in [-0.1, -0.05) is 11.6 Å². The average molecular weight is 349 g/mol. The van der Waals surface area contributed by atoms with Crippen molar-refractivity contribution in [1.29, 1.82) is 0 Å². The minimum absolute atomic E-state index is 0.0276. The van der Waals surface area contributed by atoms with Gasteiger partial charge in [-0.3, -0.25) is 4.79 Å². The lowest BCUT2D eigenvalue weighted by Crippen LogP contribution is -2.40. The van der Waals surface area contributed by atoms with Crippen molar-refractivity contribution >= 4 is 17.5 Å². The van der Waals surface area contributed by atoms with Crippen LogP contribution in [0.25, 0.3) is 0 Å². The molecule has 0 aromatic carbocycles. The molecule has 3 rings (SSSR count). The molecule has 1 saturated carbocycles. The number of carbonyl (C=O) groups excluding carboxylic acids is 1. The van der Waals surface area contributed by atoms with Gasteiger partial charge in [0.05, 0.1) is 17.4 Å². The molecular weight excluding hydrogens is 332 g/mol. The quantitative estimate of drug-likeness (QED) is 0.673. The van der Waals surface area contributed by atoms with Crippen LogP contribution in [0, 0.1) is 5.21 Å². The summed E-state index contributed by atoms with van der Waals surface area (Å²) in [5.74, 6) is -0.231. The van der Waals surface area contributed by atoms with Crippen molar-refractivity contribution in [3.05, 3.63) is 52.7 Å². The minimum atomic E-state index is -0.231. The molecule has 1 aliphatic rings. The van der Waals surface area contributed by atoms with Gasteiger partial charge in [-0.05, 0) is 31.7 Å². The van der Waals surface area contributed by atoms with Crippen LogP contribution in [-0.4, -0.2) is 28.0 Å². The second-order valence-corrected chi connectivity index (χ2v) is 6.14. The Hall–Kier alpha value is -2.41. The van der Waals surface area contributed by atoms with Crippen molar-refractivity contribution in [2.24, 2.45) is 0 Å². The van der Waals surface area contributed by atoms with Crippen LogP contribution in [0.1, 0.15) is 36.0 Å². The van der Waals surface area contributed by atoms with E-state index in [9.17, 15) is 10.0 Å². The Morgan fingerprint density at radius 1 is 1.29 bits per heavy atom. The van der Waals surface area contributed by atoms with Crippen molar-refractivity contribution in [2.75, 3.05) is 0 Å². The van der Waals surface area contributed by atoms with Crippen molar-refractivity contribution < 1.29 is 14.3 Å². The van der Waals surface area contributed by atoms with Gasteiger partial charge >= 0.3 is 6.01 Å². The highest BCUT2D eigenvalue weighted by atomic mass is 35.5. The van der Waals surface area contributed by atoms with Gasteiger partial charge in [-0.2, -0.15) is 4.73 Å². The molecule has 1 aliphatic carbocycles. The first-order valence-corrected chi connectivity index (χ1v) is 8.12. The Kier molecular flexibility index (Phi) is 5.10. The number of carbonyl (C=O) groups is 1. The molecule has 126 valence electrons. The number of nitrogens with one attached hydrogen (secondary N) is 1. The molecule has 1 N–H and O–H groups in total. The fourth-order valence-corrected chi connectivity index (χ4v) is 2.79. The molecule has 2 heterocycles. The topological polar surface area (TPSA) is 91.0 Å². The van der Waals surface area contributed by atoms with Crippen LogP contribution in [-0.2, 0) is 0 Å². The van der Waals surface area contributed by atoms with E-state index in [-0.39, 0.29) is 18.1 Å². The number of rotatable bonds is 4. The van der Waals surface area contributed by atoms with Crippen LogP contribution in [0.5, 0.6) is 6.01 Å². The maximum absolute atomic E-state index is 12.1. The fourth-order valence-electron chi connectivity index (χ4n) is 2.69. The summed E-state index contributed by atoms with van der Waals surface area (Å²) in [7, 11) is 0. The normalized spacial score (nSPS) is 20.4. The molecule has 2 aromatic heterocycles. The summed E-state index contributed by atoms with van der Waals surface area (Å²) >= 11 is 5.74. The Balaban J connectivity index is 1.48. The highest BCUT2D eigenvalue weighted by Crippen LogP contribution is 2.22. The van der Waals surface area contributed by atoms with Crippen molar-refractivity contribution in [3.8, 4) is 6.01 Å². The van der Waals surface area contributed by atoms with E-state index in [1.807, 2.05) is 0 Å². The molecule has 24 heavy (non-hydrogen) atoms. The molecule has 7 nitrogen and oxygen atoms in total. The molecule has 1 amide bonds. The Labute approximate surface area is 144 Å². The first-order chi connectivity index (χ1) is 11.6. The molecule has 0 spiro atoms. The zero-order chi connectivity index (χ0) is 16.9. The van der Waals surface area contributed by atoms with E-state index in [0.717, 1.165) is 25.7 Å². The summed E-state index contributed by atoms with van der Waals surface area (Å²) in [6.45, 7) is 0. The third kappa shape index (κ3) is 4.32. The molecule has 0 saturated heterocycles. The molecule has 0 aliphatic heterocycles. The number of ether oxygens (including phenoxy) is 1. The summed E-state index contributed by atoms with van der Waals surface area (Å²) in [5.41, 5.74) is 0.362. The summed E-state index contributed by atoms with van der Waals surface area (Å²) < 4.78 is 6.34. The van der Waals surface area contributed by atoms with Crippen LogP contribution in [0.2, 0.25) is 5.02 Å². The first-order valence-electron chi connectivity index (χ1n) is 7.74. The minimum Gasteiger partial charge on any atom is -0.619 e. The summed E-state index contributed by atoms with van der Waals surface area (Å²) in [5, 5.41) is 14.7. The largest absolute Gasteiger partial charge is 0.619 e. The van der Waals surface area contributed by atoms with Crippen molar-refractivity contribution in [1.82, 2.24) is 15.3 Å². The van der Waals surface area contributed by atoms with E-state index in [2.05, 4.69) is 15.3 Å². The lowest BCUT2D eigenvalue weighted by atomic mass is 9.93. The van der Waals surface area contributed by atoms with Gasteiger partial charge in [0.15, 0.2) is 12.4 Å². The number of hydrogen-bond donors (Lipinski definition) is 1. The number of amides is 1. The fraction of sp³-hybridized carbons (Fsp3) is 0.375. The van der Waals surface area contributed by atoms with Gasteiger partial charge in [0.25, 0.3) is 5.91 Å². The standard InChI is InChI=1S/C16H17ClN4O3/c17-12-8-18-16(19-9-12)24-14-5-3-13(4-6-14)20-15(22)11-2-1-7-21(23)10-11/h1-2,7-10,13-14H,3-6H2,(H,20,22). The maximum atomic E-state index is 12.1. The van der Waals surface area contributed by atoms with Gasteiger partial charge in [-0.15, -0.1) is 0 Å². The van der Waals surface area contributed by atoms with E-state index in [1.54, 1.807) is 12.1 Å². The number of hydrogen-bond acceptors (Lipinski definition) is 5. The van der Waals surface area contributed by atoms with Gasteiger partial charge in [0.2, 0.25) is 0 Å². The number of pyridine rings is 1. The van der Waals surface area contributed by atoms with Crippen LogP contribution in [0.15, 0.2) is 36.9 Å². The van der Waals surface area contributed by atoms with Crippen LogP contribution >= 0.6 is 11.6 Å². The zero-order valence-electron chi connectivity index (χ0n) is 12.9. The van der Waals surface area contributed by atoms with Crippen LogP contribution in [0.4, 0.5) is 0 Å². The van der Waals surface area contributed by atoms with Gasteiger partial charge < -0.3 is 15.3 Å². The highest BCUT2D eigenvalue weighted by Gasteiger charge is 2.25. The summed E-state index contributed by atoms with van der Waals surface area (Å²) in [6, 6.07) is 3.56. The van der Waals surface area contributed by atoms with E-state index in [0.29, 0.717) is 21.3 Å². The maximum Gasteiger partial charge on any atom is 0.316 e. The van der Waals surface area contributed by atoms with E-state index in [1.165, 1.54) is 24.8 Å². The van der Waals surface area contributed by atoms with E-state index < -0.39 is 0 Å². The zero-order valence-corrected chi connectivity index (χ0v) is 13.6. The molecule has 1 fully saturated rings.